The molecule has 0 spiro atoms. The average molecular weight is 367 g/mol. The Morgan fingerprint density at radius 2 is 1.78 bits per heavy atom. The number of anilines is 2. The molecule has 0 aliphatic carbocycles. The van der Waals surface area contributed by atoms with Crippen LogP contribution in [-0.4, -0.2) is 51.0 Å². The standard InChI is InChI=1S/C17H17N7O3/c1-25-12-4-10(5-13(26-2)15(12)27-3)24-7-14(20-9-24)22-16-11-6-21-23-17(11)19-8-18-16/h4-9H,1-3H3,(H2,18,19,21,22,23). The van der Waals surface area contributed by atoms with Gasteiger partial charge in [-0.15, -0.1) is 0 Å². The predicted molar refractivity (Wildman–Crippen MR) is 98.2 cm³/mol. The zero-order chi connectivity index (χ0) is 18.8. The molecule has 10 heteroatoms. The maximum atomic E-state index is 5.40. The fourth-order valence-corrected chi connectivity index (χ4v) is 2.73. The van der Waals surface area contributed by atoms with Gasteiger partial charge in [0.25, 0.3) is 0 Å². The summed E-state index contributed by atoms with van der Waals surface area (Å²) in [7, 11) is 4.72. The number of fused-ring (bicyclic) bond motifs is 1. The molecule has 138 valence electrons. The highest BCUT2D eigenvalue weighted by molar-refractivity contribution is 5.87. The number of rotatable bonds is 6. The van der Waals surface area contributed by atoms with Gasteiger partial charge in [-0.3, -0.25) is 5.10 Å². The molecule has 2 N–H and O–H groups in total. The van der Waals surface area contributed by atoms with Gasteiger partial charge in [-0.25, -0.2) is 15.0 Å². The monoisotopic (exact) mass is 367 g/mol. The van der Waals surface area contributed by atoms with E-state index in [4.69, 9.17) is 14.2 Å². The first kappa shape index (κ1) is 16.6. The van der Waals surface area contributed by atoms with E-state index in [2.05, 4.69) is 30.5 Å². The molecule has 0 bridgehead atoms. The molecule has 4 aromatic rings. The van der Waals surface area contributed by atoms with E-state index in [0.717, 1.165) is 11.1 Å². The van der Waals surface area contributed by atoms with Crippen molar-refractivity contribution in [1.82, 2.24) is 29.7 Å². The number of benzene rings is 1. The van der Waals surface area contributed by atoms with Gasteiger partial charge in [0.2, 0.25) is 5.75 Å². The molecule has 27 heavy (non-hydrogen) atoms. The van der Waals surface area contributed by atoms with Crippen molar-refractivity contribution in [2.45, 2.75) is 0 Å². The minimum atomic E-state index is 0.533. The van der Waals surface area contributed by atoms with Crippen molar-refractivity contribution in [2.24, 2.45) is 0 Å². The summed E-state index contributed by atoms with van der Waals surface area (Å²) in [5.41, 5.74) is 1.46. The largest absolute Gasteiger partial charge is 0.493 e. The van der Waals surface area contributed by atoms with Crippen LogP contribution in [0.4, 0.5) is 11.6 Å². The molecular weight excluding hydrogens is 350 g/mol. The molecule has 0 aliphatic heterocycles. The Labute approximate surface area is 154 Å². The third-order valence-electron chi connectivity index (χ3n) is 4.02. The third kappa shape index (κ3) is 2.97. The average Bonchev–Trinajstić information content (AvgIpc) is 3.36. The van der Waals surface area contributed by atoms with Gasteiger partial charge in [-0.1, -0.05) is 0 Å². The summed E-state index contributed by atoms with van der Waals surface area (Å²) in [6.45, 7) is 0. The maximum Gasteiger partial charge on any atom is 0.203 e. The van der Waals surface area contributed by atoms with Crippen molar-refractivity contribution in [1.29, 1.82) is 0 Å². The number of ether oxygens (including phenoxy) is 3. The van der Waals surface area contributed by atoms with Crippen LogP contribution in [0.15, 0.2) is 37.2 Å². The van der Waals surface area contributed by atoms with E-state index in [9.17, 15) is 0 Å². The van der Waals surface area contributed by atoms with Crippen LogP contribution in [0.2, 0.25) is 0 Å². The van der Waals surface area contributed by atoms with E-state index in [1.165, 1.54) is 6.33 Å². The minimum absolute atomic E-state index is 0.533. The second kappa shape index (κ2) is 6.83. The molecule has 0 saturated carbocycles. The Kier molecular flexibility index (Phi) is 4.21. The first-order valence-electron chi connectivity index (χ1n) is 7.99. The van der Waals surface area contributed by atoms with E-state index >= 15 is 0 Å². The van der Waals surface area contributed by atoms with Gasteiger partial charge >= 0.3 is 0 Å². The van der Waals surface area contributed by atoms with Gasteiger partial charge in [0, 0.05) is 12.1 Å². The lowest BCUT2D eigenvalue weighted by Crippen LogP contribution is -1.98. The van der Waals surface area contributed by atoms with Crippen LogP contribution in [-0.2, 0) is 0 Å². The number of nitrogens with one attached hydrogen (secondary N) is 2. The zero-order valence-electron chi connectivity index (χ0n) is 14.9. The summed E-state index contributed by atoms with van der Waals surface area (Å²) >= 11 is 0. The summed E-state index contributed by atoms with van der Waals surface area (Å²) in [6.07, 6.45) is 6.62. The second-order valence-electron chi connectivity index (χ2n) is 5.53. The fourth-order valence-electron chi connectivity index (χ4n) is 2.73. The highest BCUT2D eigenvalue weighted by Crippen LogP contribution is 2.39. The summed E-state index contributed by atoms with van der Waals surface area (Å²) in [4.78, 5) is 12.7. The topological polar surface area (TPSA) is 112 Å². The van der Waals surface area contributed by atoms with E-state index in [-0.39, 0.29) is 0 Å². The number of aromatic nitrogens is 6. The van der Waals surface area contributed by atoms with Gasteiger partial charge < -0.3 is 24.1 Å². The normalized spacial score (nSPS) is 10.8. The van der Waals surface area contributed by atoms with Gasteiger partial charge in [-0.05, 0) is 0 Å². The molecule has 4 rings (SSSR count). The quantitative estimate of drug-likeness (QED) is 0.534. The molecule has 0 radical (unpaired) electrons. The lowest BCUT2D eigenvalue weighted by Gasteiger charge is -2.14. The molecule has 0 aliphatic rings. The number of hydrogen-bond acceptors (Lipinski definition) is 8. The van der Waals surface area contributed by atoms with Gasteiger partial charge in [0.1, 0.15) is 24.3 Å². The Morgan fingerprint density at radius 1 is 1.00 bits per heavy atom. The molecular formula is C17H17N7O3. The van der Waals surface area contributed by atoms with Crippen molar-refractivity contribution < 1.29 is 14.2 Å². The van der Waals surface area contributed by atoms with Crippen molar-refractivity contribution in [3.05, 3.63) is 37.2 Å². The number of aromatic amines is 1. The lowest BCUT2D eigenvalue weighted by molar-refractivity contribution is 0.324. The Hall–Kier alpha value is -3.82. The number of methoxy groups -OCH3 is 3. The predicted octanol–water partition coefficient (Wildman–Crippen LogP) is 2.31. The highest BCUT2D eigenvalue weighted by Gasteiger charge is 2.15. The SMILES string of the molecule is COc1cc(-n2cnc(Nc3ncnc4[nH]ncc34)c2)cc(OC)c1OC. The van der Waals surface area contributed by atoms with Crippen LogP contribution in [0, 0.1) is 0 Å². The maximum absolute atomic E-state index is 5.40. The van der Waals surface area contributed by atoms with Gasteiger partial charge in [-0.2, -0.15) is 5.10 Å². The number of hydrogen-bond donors (Lipinski definition) is 2. The van der Waals surface area contributed by atoms with Crippen molar-refractivity contribution in [3.63, 3.8) is 0 Å². The van der Waals surface area contributed by atoms with E-state index in [1.54, 1.807) is 33.9 Å². The molecule has 1 aromatic carbocycles. The summed E-state index contributed by atoms with van der Waals surface area (Å²) < 4.78 is 18.0. The van der Waals surface area contributed by atoms with E-state index < -0.39 is 0 Å². The number of H-pyrrole nitrogens is 1. The fraction of sp³-hybridized carbons (Fsp3) is 0.176. The van der Waals surface area contributed by atoms with Crippen molar-refractivity contribution >= 4 is 22.7 Å². The summed E-state index contributed by atoms with van der Waals surface area (Å²) in [5.74, 6) is 2.89. The van der Waals surface area contributed by atoms with Crippen LogP contribution in [0.1, 0.15) is 0 Å². The van der Waals surface area contributed by atoms with Gasteiger partial charge in [0.05, 0.1) is 44.8 Å². The van der Waals surface area contributed by atoms with Crippen LogP contribution in [0.5, 0.6) is 17.2 Å². The van der Waals surface area contributed by atoms with Crippen LogP contribution >= 0.6 is 0 Å². The van der Waals surface area contributed by atoms with Gasteiger partial charge in [0.15, 0.2) is 17.1 Å². The molecule has 3 heterocycles. The lowest BCUT2D eigenvalue weighted by atomic mass is 10.2. The van der Waals surface area contributed by atoms with E-state index in [1.807, 2.05) is 22.9 Å². The first-order chi connectivity index (χ1) is 13.2. The Morgan fingerprint density at radius 3 is 2.48 bits per heavy atom. The zero-order valence-corrected chi connectivity index (χ0v) is 14.9. The summed E-state index contributed by atoms with van der Waals surface area (Å²) in [6, 6.07) is 3.68. The molecule has 0 amide bonds. The smallest absolute Gasteiger partial charge is 0.203 e. The van der Waals surface area contributed by atoms with Crippen molar-refractivity contribution in [2.75, 3.05) is 26.6 Å². The van der Waals surface area contributed by atoms with Crippen molar-refractivity contribution in [3.8, 4) is 22.9 Å². The highest BCUT2D eigenvalue weighted by atomic mass is 16.5. The van der Waals surface area contributed by atoms with E-state index in [0.29, 0.717) is 34.5 Å². The molecule has 3 aromatic heterocycles. The van der Waals surface area contributed by atoms with Crippen LogP contribution < -0.4 is 19.5 Å². The van der Waals surface area contributed by atoms with Crippen LogP contribution in [0.3, 0.4) is 0 Å². The third-order valence-corrected chi connectivity index (χ3v) is 4.02. The second-order valence-corrected chi connectivity index (χ2v) is 5.53. The molecule has 0 unspecified atom stereocenters. The Bertz CT molecular complexity index is 1060. The minimum Gasteiger partial charge on any atom is -0.493 e. The molecule has 10 nitrogen and oxygen atoms in total. The summed E-state index contributed by atoms with van der Waals surface area (Å²) in [5, 5.41) is 10.7. The molecule has 0 saturated heterocycles. The Balaban J connectivity index is 1.67. The number of imidazole rings is 1. The molecule has 0 fully saturated rings. The molecule has 0 atom stereocenters. The number of nitrogens with zero attached hydrogens (tertiary/aromatic N) is 5. The van der Waals surface area contributed by atoms with Crippen LogP contribution in [0.25, 0.3) is 16.7 Å². The first-order valence-corrected chi connectivity index (χ1v) is 7.99.